The summed E-state index contributed by atoms with van der Waals surface area (Å²) in [6.45, 7) is 0.298. The number of ether oxygens (including phenoxy) is 12. The Morgan fingerprint density at radius 3 is 1.34 bits per heavy atom. The van der Waals surface area contributed by atoms with Gasteiger partial charge in [-0.15, -0.1) is 0 Å². The first-order chi connectivity index (χ1) is 60.1. The molecule has 730 valence electrons. The first-order valence-electron chi connectivity index (χ1n) is 41.2. The molecular weight excluding hydrogens is 1730 g/mol. The monoisotopic (exact) mass is 1850 g/mol. The van der Waals surface area contributed by atoms with Crippen LogP contribution in [0.2, 0.25) is 0 Å². The van der Waals surface area contributed by atoms with Gasteiger partial charge in [0, 0.05) is 53.6 Å². The Labute approximate surface area is 728 Å². The molecule has 8 fully saturated rings. The molecule has 8 rings (SSSR count). The molecule has 39 atom stereocenters. The van der Waals surface area contributed by atoms with Crippen LogP contribution in [0, 0.1) is 5.92 Å². The molecule has 8 saturated heterocycles. The van der Waals surface area contributed by atoms with Crippen LogP contribution in [0.25, 0.3) is 0 Å². The third-order valence-corrected chi connectivity index (χ3v) is 23.2. The number of nitrogens with zero attached hydrogens (tertiary/aromatic N) is 2. The normalized spacial score (nSPS) is 37.8. The summed E-state index contributed by atoms with van der Waals surface area (Å²) in [5, 5.41) is 239. The molecule has 0 radical (unpaired) electrons. The second-order valence-corrected chi connectivity index (χ2v) is 32.7. The van der Waals surface area contributed by atoms with Gasteiger partial charge in [0.15, 0.2) is 25.2 Å². The van der Waals surface area contributed by atoms with Crippen molar-refractivity contribution in [3.8, 4) is 0 Å². The fraction of sp³-hybridized carbons (Fsp3) is 0.838. The van der Waals surface area contributed by atoms with Crippen LogP contribution in [0.4, 0.5) is 0 Å². The maximum Gasteiger partial charge on any atom is 0.364 e. The zero-order valence-electron chi connectivity index (χ0n) is 70.7. The van der Waals surface area contributed by atoms with Crippen molar-refractivity contribution in [1.29, 1.82) is 0 Å². The lowest BCUT2D eigenvalue weighted by molar-refractivity contribution is -0.385. The van der Waals surface area contributed by atoms with Gasteiger partial charge in [0.2, 0.25) is 59.1 Å². The molecule has 54 nitrogen and oxygen atoms in total. The topological polar surface area (TPSA) is 837 Å². The van der Waals surface area contributed by atoms with Crippen LogP contribution in [0.3, 0.4) is 0 Å². The highest BCUT2D eigenvalue weighted by Gasteiger charge is 2.64. The number of hydrogen-bond acceptors (Lipinski definition) is 42. The Balaban J connectivity index is 1.14. The lowest BCUT2D eigenvalue weighted by atomic mass is 9.88. The Morgan fingerprint density at radius 2 is 0.898 bits per heavy atom. The summed E-state index contributed by atoms with van der Waals surface area (Å²) in [6.07, 6.45) is -62.8. The van der Waals surface area contributed by atoms with E-state index in [2.05, 4.69) is 37.2 Å². The molecule has 8 aliphatic heterocycles. The van der Waals surface area contributed by atoms with Crippen LogP contribution in [-0.2, 0) is 114 Å². The highest BCUT2D eigenvalue weighted by Crippen LogP contribution is 2.42. The van der Waals surface area contributed by atoms with Crippen LogP contribution in [0.1, 0.15) is 93.9 Å². The Hall–Kier alpha value is -7.56. The van der Waals surface area contributed by atoms with Gasteiger partial charge in [0.05, 0.1) is 82.6 Å². The standard InChI is InChI=1S/C74H120N10O44/c1-24(17-85)62(108)82-42(64(110)77-26(3)65(111)84-14-10-12-33(84)66(112)83-13-9-11-32(83)63(109)76-25(2)61(75)107)27(4)118-68-46(81-31(8)94)56(124-70-54(106)60(50(102)39(21-89)120-70)128-74(72(115)116)16-35(96)44(79-29(6)92)58(126-74)48(100)37(98)19-87)51(103)41(122-68)23-117-67-45(80-30(7)93)52(104)55(40(22-90)121-67)123-69-53(105)59(49(101)38(20-88)119-69)127-73(71(113)114)15-34(95)43(78-28(5)91)57(125-73)47(99)36(97)18-86/h24-27,32-60,67-70,85-90,95-106H,9-23H2,1-8H3,(H2,75,107)(H,76,109)(H,77,110)(H,78,91)(H,79,92)(H,80,93)(H,81,94)(H,82,108)(H,113,114)(H,115,116)/t24?,25?,26?,27?,32?,33?,34-,35-,36+,37+,38?,39?,40?,41?,42?,43+,44+,45?,46?,47+,48+,49-,50-,51-,52+,53?,54?,55-,56+,57?,58?,59-,60-,67+,68+,69-,70-,73-,74-/m0/s1. The van der Waals surface area contributed by atoms with Crippen LogP contribution in [-0.4, -0.2) is 474 Å². The molecule has 54 heteroatoms. The van der Waals surface area contributed by atoms with Gasteiger partial charge in [0.1, 0.15) is 164 Å². The number of carbonyl (C=O) groups excluding carboxylic acids is 10. The fourth-order valence-corrected chi connectivity index (χ4v) is 16.4. The largest absolute Gasteiger partial charge is 0.477 e. The summed E-state index contributed by atoms with van der Waals surface area (Å²) in [7, 11) is 0. The van der Waals surface area contributed by atoms with Gasteiger partial charge in [-0.1, -0.05) is 6.92 Å². The summed E-state index contributed by atoms with van der Waals surface area (Å²) in [5.74, 6) is -21.6. The predicted octanol–water partition coefficient (Wildman–Crippen LogP) is -17.1. The van der Waals surface area contributed by atoms with Gasteiger partial charge in [-0.05, 0) is 46.5 Å². The average Bonchev–Trinajstić information content (AvgIpc) is 0.911. The van der Waals surface area contributed by atoms with Gasteiger partial charge >= 0.3 is 11.9 Å². The van der Waals surface area contributed by atoms with E-state index in [-0.39, 0.29) is 32.4 Å². The van der Waals surface area contributed by atoms with Crippen LogP contribution >= 0.6 is 0 Å². The lowest BCUT2D eigenvalue weighted by Gasteiger charge is -2.51. The number of nitrogens with two attached hydrogens (primary N) is 1. The van der Waals surface area contributed by atoms with Crippen molar-refractivity contribution in [2.24, 2.45) is 11.7 Å². The number of carbonyl (C=O) groups is 12. The second kappa shape index (κ2) is 45.7. The van der Waals surface area contributed by atoms with Crippen LogP contribution in [0.15, 0.2) is 0 Å². The molecule has 0 aromatic carbocycles. The minimum atomic E-state index is -3.39. The van der Waals surface area contributed by atoms with Crippen molar-refractivity contribution < 1.29 is 217 Å². The number of aliphatic hydroxyl groups is 18. The fourth-order valence-electron chi connectivity index (χ4n) is 16.4. The van der Waals surface area contributed by atoms with E-state index in [9.17, 15) is 160 Å². The molecule has 8 heterocycles. The van der Waals surface area contributed by atoms with Gasteiger partial charge in [-0.3, -0.25) is 47.9 Å². The second-order valence-electron chi connectivity index (χ2n) is 32.7. The number of likely N-dealkylation sites (tertiary alicyclic amines) is 2. The summed E-state index contributed by atoms with van der Waals surface area (Å²) in [5.41, 5.74) is 5.36. The van der Waals surface area contributed by atoms with E-state index in [0.717, 1.165) is 39.5 Å². The van der Waals surface area contributed by atoms with E-state index >= 15 is 0 Å². The molecule has 10 amide bonds. The van der Waals surface area contributed by atoms with Crippen molar-refractivity contribution in [1.82, 2.24) is 47.0 Å². The van der Waals surface area contributed by atoms with Crippen molar-refractivity contribution >= 4 is 71.0 Å². The smallest absolute Gasteiger partial charge is 0.364 e. The van der Waals surface area contributed by atoms with Gasteiger partial charge in [-0.25, -0.2) is 9.59 Å². The molecule has 0 bridgehead atoms. The summed E-state index contributed by atoms with van der Waals surface area (Å²) < 4.78 is 72.0. The van der Waals surface area contributed by atoms with Crippen LogP contribution in [0.5, 0.6) is 0 Å². The van der Waals surface area contributed by atoms with Crippen molar-refractivity contribution in [2.75, 3.05) is 59.3 Å². The molecule has 17 unspecified atom stereocenters. The zero-order chi connectivity index (χ0) is 95.5. The number of carboxylic acid groups (broad SMARTS) is 2. The van der Waals surface area contributed by atoms with E-state index in [1.54, 1.807) is 0 Å². The SMILES string of the molecule is CC(=O)NC1[C@H](OCC2O[C@@H](OC(C)C(NC(=O)C(C)CO)C(=O)NC(C)C(=O)N3CCCC3C(=O)N3CCCC3C(=O)NC(C)C(N)=O)C(NC(C)=O)[C@@H](O[C@@H]3OC(CO)[C@H](O)[C@H](O[C@]4(C(=O)O)C[C@H](O)[C@@H](NC(C)=O)C([C@H](O)[C@H](O)CO)O4)C3O)[C@H]2O)OC(CO)[C@H](O[C@@H]2OC(CO)[C@H](O)[C@H](O[C@]3(C(=O)O)C[C@H](O)[C@@H](NC(C)=O)C([C@H](O)[C@H](O)CO)O3)C2O)[C@@H]1O. The Kier molecular flexibility index (Phi) is 37.8. The number of nitrogens with one attached hydrogen (secondary N) is 7. The number of aliphatic hydroxyl groups excluding tert-OH is 18. The number of primary amides is 1. The zero-order valence-corrected chi connectivity index (χ0v) is 70.7. The minimum absolute atomic E-state index is 0.0520. The maximum absolute atomic E-state index is 15.0. The average molecular weight is 1850 g/mol. The molecule has 0 aromatic rings. The molecule has 8 aliphatic rings. The van der Waals surface area contributed by atoms with E-state index < -0.39 is 368 Å². The number of aliphatic carboxylic acids is 2. The summed E-state index contributed by atoms with van der Waals surface area (Å²) >= 11 is 0. The number of amides is 10. The van der Waals surface area contributed by atoms with Crippen molar-refractivity contribution in [3.05, 3.63) is 0 Å². The molecule has 0 aromatic heterocycles. The van der Waals surface area contributed by atoms with E-state index in [0.29, 0.717) is 6.42 Å². The summed E-state index contributed by atoms with van der Waals surface area (Å²) in [6, 6.07) is -14.7. The molecule has 29 N–H and O–H groups in total. The number of rotatable bonds is 39. The van der Waals surface area contributed by atoms with E-state index in [4.69, 9.17) is 62.6 Å². The van der Waals surface area contributed by atoms with Crippen molar-refractivity contribution in [2.45, 2.75) is 325 Å². The lowest BCUT2D eigenvalue weighted by Crippen LogP contribution is -2.71. The maximum atomic E-state index is 15.0. The van der Waals surface area contributed by atoms with Gasteiger partial charge in [-0.2, -0.15) is 0 Å². The van der Waals surface area contributed by atoms with Crippen LogP contribution < -0.4 is 43.0 Å². The summed E-state index contributed by atoms with van der Waals surface area (Å²) in [4.78, 5) is 164. The quantitative estimate of drug-likeness (QED) is 0.0272. The van der Waals surface area contributed by atoms with Crippen molar-refractivity contribution in [3.63, 3.8) is 0 Å². The third kappa shape index (κ3) is 24.3. The molecule has 128 heavy (non-hydrogen) atoms. The first-order valence-corrected chi connectivity index (χ1v) is 41.2. The molecule has 0 spiro atoms. The molecular formula is C74H120N10O44. The predicted molar refractivity (Wildman–Crippen MR) is 410 cm³/mol. The van der Waals surface area contributed by atoms with E-state index in [1.165, 1.54) is 25.7 Å². The Morgan fingerprint density at radius 1 is 0.469 bits per heavy atom. The molecule has 0 aliphatic carbocycles. The number of carboxylic acids is 2. The number of hydrogen-bond donors (Lipinski definition) is 28. The van der Waals surface area contributed by atoms with E-state index in [1.807, 2.05) is 0 Å². The highest BCUT2D eigenvalue weighted by atomic mass is 16.8. The van der Waals surface area contributed by atoms with Gasteiger partial charge < -0.3 is 212 Å². The highest BCUT2D eigenvalue weighted by molar-refractivity contribution is 5.97. The Bertz CT molecular complexity index is 3820. The third-order valence-electron chi connectivity index (χ3n) is 23.2. The molecule has 0 saturated carbocycles. The first kappa shape index (κ1) is 106. The minimum Gasteiger partial charge on any atom is -0.477 e. The van der Waals surface area contributed by atoms with Gasteiger partial charge in [0.25, 0.3) is 11.6 Å².